The molecule has 0 unspecified atom stereocenters. The molecular weight excluding hydrogens is 356 g/mol. The minimum atomic E-state index is -1.47. The zero-order valence-corrected chi connectivity index (χ0v) is 14.5. The van der Waals surface area contributed by atoms with Gasteiger partial charge in [0.1, 0.15) is 5.75 Å². The zero-order chi connectivity index (χ0) is 18.3. The molecule has 1 spiro atoms. The van der Waals surface area contributed by atoms with E-state index in [0.29, 0.717) is 27.7 Å². The smallest absolute Gasteiger partial charge is 0.280 e. The molecule has 5 N–H and O–H groups in total. The molecule has 1 atom stereocenters. The summed E-state index contributed by atoms with van der Waals surface area (Å²) in [6, 6.07) is 12.3. The molecule has 2 aliphatic heterocycles. The summed E-state index contributed by atoms with van der Waals surface area (Å²) in [6.45, 7) is 0. The summed E-state index contributed by atoms with van der Waals surface area (Å²) in [4.78, 5) is 21.4. The van der Waals surface area contributed by atoms with Crippen molar-refractivity contribution in [3.8, 4) is 5.75 Å². The number of hydrogen-bond donors (Lipinski definition) is 4. The van der Waals surface area contributed by atoms with E-state index < -0.39 is 5.66 Å². The van der Waals surface area contributed by atoms with Crippen LogP contribution in [0.15, 0.2) is 52.4 Å². The number of ether oxygens (including phenoxy) is 1. The predicted molar refractivity (Wildman–Crippen MR) is 101 cm³/mol. The van der Waals surface area contributed by atoms with Gasteiger partial charge >= 0.3 is 0 Å². The number of nitrogens with zero attached hydrogens (tertiary/aromatic N) is 2. The summed E-state index contributed by atoms with van der Waals surface area (Å²) in [5.74, 6) is 0.506. The summed E-state index contributed by atoms with van der Waals surface area (Å²) in [7, 11) is 1.54. The van der Waals surface area contributed by atoms with Gasteiger partial charge in [-0.1, -0.05) is 29.8 Å². The van der Waals surface area contributed by atoms with E-state index >= 15 is 0 Å². The first-order valence-electron chi connectivity index (χ1n) is 7.75. The van der Waals surface area contributed by atoms with E-state index in [1.165, 1.54) is 0 Å². The molecule has 1 amide bonds. The molecule has 132 valence electrons. The molecule has 0 aliphatic carbocycles. The Morgan fingerprint density at radius 1 is 1.19 bits per heavy atom. The predicted octanol–water partition coefficient (Wildman–Crippen LogP) is 1.84. The molecule has 0 saturated heterocycles. The van der Waals surface area contributed by atoms with Gasteiger partial charge in [-0.2, -0.15) is 0 Å². The molecule has 26 heavy (non-hydrogen) atoms. The van der Waals surface area contributed by atoms with E-state index in [1.807, 2.05) is 12.1 Å². The SMILES string of the molecule is COc1ccc(Cl)cc1NC1=N[C@]2(N=C(N)N1)C(=O)Nc1ccccc12. The second kappa shape index (κ2) is 5.92. The summed E-state index contributed by atoms with van der Waals surface area (Å²) in [6.07, 6.45) is 0. The van der Waals surface area contributed by atoms with Gasteiger partial charge in [-0.05, 0) is 24.3 Å². The normalized spacial score (nSPS) is 20.6. The number of halogens is 1. The molecule has 0 aromatic heterocycles. The number of guanidine groups is 2. The van der Waals surface area contributed by atoms with Crippen molar-refractivity contribution >= 4 is 40.8 Å². The number of para-hydroxylation sites is 1. The third-order valence-electron chi connectivity index (χ3n) is 4.08. The number of methoxy groups -OCH3 is 1. The van der Waals surface area contributed by atoms with Crippen LogP contribution in [0.3, 0.4) is 0 Å². The van der Waals surface area contributed by atoms with Crippen LogP contribution in [0, 0.1) is 0 Å². The Morgan fingerprint density at radius 2 is 2.00 bits per heavy atom. The van der Waals surface area contributed by atoms with Crippen molar-refractivity contribution in [1.82, 2.24) is 5.32 Å². The second-order valence-corrected chi connectivity index (χ2v) is 6.16. The van der Waals surface area contributed by atoms with E-state index in [0.717, 1.165) is 0 Å². The summed E-state index contributed by atoms with van der Waals surface area (Å²) in [5, 5.41) is 9.19. The Labute approximate surface area is 154 Å². The van der Waals surface area contributed by atoms with Crippen LogP contribution < -0.4 is 26.4 Å². The lowest BCUT2D eigenvalue weighted by Gasteiger charge is -2.26. The van der Waals surface area contributed by atoms with Crippen molar-refractivity contribution in [2.24, 2.45) is 15.7 Å². The number of fused-ring (bicyclic) bond motifs is 2. The highest BCUT2D eigenvalue weighted by molar-refractivity contribution is 6.31. The van der Waals surface area contributed by atoms with Crippen LogP contribution in [0.4, 0.5) is 11.4 Å². The van der Waals surface area contributed by atoms with Crippen LogP contribution in [0.2, 0.25) is 5.02 Å². The molecular formula is C17H15ClN6O2. The number of nitrogens with one attached hydrogen (secondary N) is 3. The van der Waals surface area contributed by atoms with Crippen molar-refractivity contribution in [2.75, 3.05) is 17.7 Å². The zero-order valence-electron chi connectivity index (χ0n) is 13.7. The highest BCUT2D eigenvalue weighted by Gasteiger charge is 2.49. The van der Waals surface area contributed by atoms with Crippen LogP contribution >= 0.6 is 11.6 Å². The third-order valence-corrected chi connectivity index (χ3v) is 4.32. The van der Waals surface area contributed by atoms with E-state index in [-0.39, 0.29) is 17.8 Å². The molecule has 4 rings (SSSR count). The fourth-order valence-corrected chi connectivity index (χ4v) is 3.12. The average Bonchev–Trinajstić information content (AvgIpc) is 2.86. The molecule has 2 aliphatic rings. The Balaban J connectivity index is 1.78. The molecule has 2 heterocycles. The first-order valence-corrected chi connectivity index (χ1v) is 8.13. The number of benzene rings is 2. The van der Waals surface area contributed by atoms with Crippen LogP contribution in [0.25, 0.3) is 0 Å². The number of hydrogen-bond acceptors (Lipinski definition) is 7. The van der Waals surface area contributed by atoms with Crippen molar-refractivity contribution < 1.29 is 9.53 Å². The maximum atomic E-state index is 12.6. The first-order chi connectivity index (χ1) is 12.5. The van der Waals surface area contributed by atoms with Crippen molar-refractivity contribution in [2.45, 2.75) is 5.66 Å². The van der Waals surface area contributed by atoms with Gasteiger partial charge in [0.2, 0.25) is 5.96 Å². The summed E-state index contributed by atoms with van der Waals surface area (Å²) < 4.78 is 5.32. The van der Waals surface area contributed by atoms with Gasteiger partial charge in [-0.15, -0.1) is 0 Å². The molecule has 0 fully saturated rings. The second-order valence-electron chi connectivity index (χ2n) is 5.72. The number of amides is 1. The lowest BCUT2D eigenvalue weighted by Crippen LogP contribution is -2.49. The standard InChI is InChI=1S/C17H15ClN6O2/c1-26-13-7-6-9(18)8-12(13)21-16-22-15(19)23-17(24-16)10-4-2-3-5-11(10)20-14(17)25/h2-8H,1H3,(H,20,25)(H4,19,21,22,23,24)/t17-/m0/s1. The van der Waals surface area contributed by atoms with E-state index in [2.05, 4.69) is 25.9 Å². The highest BCUT2D eigenvalue weighted by Crippen LogP contribution is 2.41. The fourth-order valence-electron chi connectivity index (χ4n) is 2.95. The van der Waals surface area contributed by atoms with Gasteiger partial charge in [-0.25, -0.2) is 9.98 Å². The Kier molecular flexibility index (Phi) is 3.69. The Hall–Kier alpha value is -3.26. The van der Waals surface area contributed by atoms with Crippen LogP contribution in [0.5, 0.6) is 5.75 Å². The van der Waals surface area contributed by atoms with Gasteiger partial charge in [0.25, 0.3) is 11.6 Å². The number of carbonyl (C=O) groups is 1. The first kappa shape index (κ1) is 16.2. The van der Waals surface area contributed by atoms with E-state index in [4.69, 9.17) is 22.1 Å². The quantitative estimate of drug-likeness (QED) is 0.644. The lowest BCUT2D eigenvalue weighted by atomic mass is 10.0. The molecule has 0 radical (unpaired) electrons. The van der Waals surface area contributed by atoms with Gasteiger partial charge in [-0.3, -0.25) is 10.1 Å². The Bertz CT molecular complexity index is 973. The van der Waals surface area contributed by atoms with Gasteiger partial charge in [0.05, 0.1) is 12.8 Å². The van der Waals surface area contributed by atoms with Crippen molar-refractivity contribution in [3.05, 3.63) is 53.1 Å². The van der Waals surface area contributed by atoms with Crippen LogP contribution in [-0.2, 0) is 10.5 Å². The van der Waals surface area contributed by atoms with Crippen molar-refractivity contribution in [1.29, 1.82) is 0 Å². The van der Waals surface area contributed by atoms with Gasteiger partial charge in [0.15, 0.2) is 5.96 Å². The minimum absolute atomic E-state index is 0.0651. The highest BCUT2D eigenvalue weighted by atomic mass is 35.5. The molecule has 9 heteroatoms. The maximum Gasteiger partial charge on any atom is 0.280 e. The number of rotatable bonds is 2. The monoisotopic (exact) mass is 370 g/mol. The molecule has 0 bridgehead atoms. The lowest BCUT2D eigenvalue weighted by molar-refractivity contribution is -0.120. The number of anilines is 2. The Morgan fingerprint density at radius 3 is 2.81 bits per heavy atom. The van der Waals surface area contributed by atoms with Gasteiger partial charge in [0, 0.05) is 16.3 Å². The van der Waals surface area contributed by atoms with E-state index in [1.54, 1.807) is 37.4 Å². The number of aliphatic imine (C=N–C) groups is 2. The molecule has 8 nitrogen and oxygen atoms in total. The average molecular weight is 371 g/mol. The molecule has 2 aromatic carbocycles. The van der Waals surface area contributed by atoms with Crippen molar-refractivity contribution in [3.63, 3.8) is 0 Å². The fraction of sp³-hybridized carbons (Fsp3) is 0.118. The molecule has 0 saturated carbocycles. The maximum absolute atomic E-state index is 12.6. The topological polar surface area (TPSA) is 113 Å². The van der Waals surface area contributed by atoms with Gasteiger partial charge < -0.3 is 21.1 Å². The number of nitrogens with two attached hydrogens (primary N) is 1. The molecule has 2 aromatic rings. The van der Waals surface area contributed by atoms with Crippen LogP contribution in [0.1, 0.15) is 5.56 Å². The third kappa shape index (κ3) is 2.51. The van der Waals surface area contributed by atoms with Crippen LogP contribution in [-0.4, -0.2) is 24.9 Å². The minimum Gasteiger partial charge on any atom is -0.495 e. The summed E-state index contributed by atoms with van der Waals surface area (Å²) in [5.41, 5.74) is 6.32. The summed E-state index contributed by atoms with van der Waals surface area (Å²) >= 11 is 6.06. The number of carbonyl (C=O) groups excluding carboxylic acids is 1. The van der Waals surface area contributed by atoms with E-state index in [9.17, 15) is 4.79 Å². The largest absolute Gasteiger partial charge is 0.495 e.